The Hall–Kier alpha value is -3.62. The monoisotopic (exact) mass is 398 g/mol. The Morgan fingerprint density at radius 2 is 1.69 bits per heavy atom. The van der Waals surface area contributed by atoms with Gasteiger partial charge in [0.25, 0.3) is 11.8 Å². The van der Waals surface area contributed by atoms with Gasteiger partial charge in [0.15, 0.2) is 11.5 Å². The Bertz CT molecular complexity index is 909. The number of methoxy groups -OCH3 is 2. The van der Waals surface area contributed by atoms with E-state index < -0.39 is 5.91 Å². The number of carbonyl (C=O) groups is 3. The second-order valence-corrected chi connectivity index (χ2v) is 6.42. The molecule has 1 fully saturated rings. The number of amides is 3. The summed E-state index contributed by atoms with van der Waals surface area (Å²) in [4.78, 5) is 43.4. The molecule has 1 aromatic heterocycles. The van der Waals surface area contributed by atoms with Crippen LogP contribution < -0.4 is 14.8 Å². The summed E-state index contributed by atoms with van der Waals surface area (Å²) in [6, 6.07) is 6.53. The van der Waals surface area contributed by atoms with Crippen molar-refractivity contribution >= 4 is 23.9 Å². The molecular formula is C20H22N4O5. The van der Waals surface area contributed by atoms with Gasteiger partial charge < -0.3 is 24.6 Å². The first kappa shape index (κ1) is 20.1. The van der Waals surface area contributed by atoms with Crippen molar-refractivity contribution in [2.24, 2.45) is 0 Å². The molecule has 9 nitrogen and oxygen atoms in total. The molecule has 2 heterocycles. The summed E-state index contributed by atoms with van der Waals surface area (Å²) in [5, 5.41) is 2.76. The molecule has 2 aromatic rings. The Morgan fingerprint density at radius 3 is 2.34 bits per heavy atom. The van der Waals surface area contributed by atoms with Crippen LogP contribution in [0.1, 0.15) is 20.7 Å². The van der Waals surface area contributed by atoms with Crippen molar-refractivity contribution in [2.45, 2.75) is 0 Å². The van der Waals surface area contributed by atoms with Gasteiger partial charge in [0.05, 0.1) is 25.3 Å². The van der Waals surface area contributed by atoms with Gasteiger partial charge >= 0.3 is 0 Å². The van der Waals surface area contributed by atoms with Gasteiger partial charge in [-0.1, -0.05) is 0 Å². The van der Waals surface area contributed by atoms with Crippen LogP contribution in [0.15, 0.2) is 36.7 Å². The molecule has 0 atom stereocenters. The van der Waals surface area contributed by atoms with E-state index in [1.54, 1.807) is 28.0 Å². The Labute approximate surface area is 168 Å². The number of carbonyl (C=O) groups excluding carboxylic acids is 3. The van der Waals surface area contributed by atoms with Crippen LogP contribution in [0.2, 0.25) is 0 Å². The molecule has 152 valence electrons. The molecule has 1 aliphatic heterocycles. The van der Waals surface area contributed by atoms with Crippen LogP contribution in [0.3, 0.4) is 0 Å². The average Bonchev–Trinajstić information content (AvgIpc) is 2.78. The topological polar surface area (TPSA) is 101 Å². The van der Waals surface area contributed by atoms with E-state index in [1.807, 2.05) is 0 Å². The fourth-order valence-corrected chi connectivity index (χ4v) is 3.01. The summed E-state index contributed by atoms with van der Waals surface area (Å²) in [5.74, 6) is 0.421. The second kappa shape index (κ2) is 9.05. The maximum Gasteiger partial charge on any atom is 0.257 e. The molecule has 0 spiro atoms. The lowest BCUT2D eigenvalue weighted by molar-refractivity contribution is -0.119. The van der Waals surface area contributed by atoms with Crippen molar-refractivity contribution in [3.05, 3.63) is 47.8 Å². The highest BCUT2D eigenvalue weighted by Gasteiger charge is 2.22. The van der Waals surface area contributed by atoms with E-state index in [0.717, 1.165) is 6.41 Å². The third kappa shape index (κ3) is 4.63. The summed E-state index contributed by atoms with van der Waals surface area (Å²) >= 11 is 0. The fraction of sp³-hybridized carbons (Fsp3) is 0.300. The quantitative estimate of drug-likeness (QED) is 0.736. The molecule has 0 unspecified atom stereocenters. The van der Waals surface area contributed by atoms with E-state index >= 15 is 0 Å². The number of piperazine rings is 1. The van der Waals surface area contributed by atoms with Gasteiger partial charge in [0.2, 0.25) is 6.41 Å². The molecule has 1 aliphatic rings. The number of ether oxygens (including phenoxy) is 2. The number of aromatic nitrogens is 1. The largest absolute Gasteiger partial charge is 0.493 e. The number of anilines is 1. The fourth-order valence-electron chi connectivity index (χ4n) is 3.01. The zero-order chi connectivity index (χ0) is 20.8. The van der Waals surface area contributed by atoms with Gasteiger partial charge in [-0.15, -0.1) is 0 Å². The first-order valence-corrected chi connectivity index (χ1v) is 9.02. The zero-order valence-electron chi connectivity index (χ0n) is 16.3. The number of nitrogens with zero attached hydrogens (tertiary/aromatic N) is 3. The van der Waals surface area contributed by atoms with Crippen LogP contribution in [-0.2, 0) is 4.79 Å². The molecule has 0 saturated carbocycles. The first-order chi connectivity index (χ1) is 14.0. The van der Waals surface area contributed by atoms with Gasteiger partial charge in [0, 0.05) is 50.3 Å². The molecule has 3 rings (SSSR count). The lowest BCUT2D eigenvalue weighted by atomic mass is 10.1. The SMILES string of the molecule is COc1ccc(NC(=O)c2cncc(C(=O)N3CCN(C=O)CC3)c2)cc1OC. The third-order valence-corrected chi connectivity index (χ3v) is 4.64. The summed E-state index contributed by atoms with van der Waals surface area (Å²) < 4.78 is 10.4. The van der Waals surface area contributed by atoms with E-state index in [9.17, 15) is 14.4 Å². The Kier molecular flexibility index (Phi) is 6.28. The molecule has 3 amide bonds. The number of nitrogens with one attached hydrogen (secondary N) is 1. The van der Waals surface area contributed by atoms with Crippen LogP contribution in [0, 0.1) is 0 Å². The molecule has 9 heteroatoms. The van der Waals surface area contributed by atoms with Crippen molar-refractivity contribution < 1.29 is 23.9 Å². The highest BCUT2D eigenvalue weighted by atomic mass is 16.5. The molecule has 1 aromatic carbocycles. The molecule has 0 radical (unpaired) electrons. The number of benzene rings is 1. The first-order valence-electron chi connectivity index (χ1n) is 9.02. The predicted octanol–water partition coefficient (Wildman–Crippen LogP) is 1.27. The van der Waals surface area contributed by atoms with Gasteiger partial charge in [0.1, 0.15) is 0 Å². The summed E-state index contributed by atoms with van der Waals surface area (Å²) in [6.07, 6.45) is 3.61. The number of hydrogen-bond donors (Lipinski definition) is 1. The highest BCUT2D eigenvalue weighted by Crippen LogP contribution is 2.29. The number of pyridine rings is 1. The van der Waals surface area contributed by atoms with Gasteiger partial charge in [-0.25, -0.2) is 0 Å². The van der Waals surface area contributed by atoms with E-state index in [2.05, 4.69) is 10.3 Å². The molecule has 29 heavy (non-hydrogen) atoms. The van der Waals surface area contributed by atoms with Gasteiger partial charge in [-0.2, -0.15) is 0 Å². The van der Waals surface area contributed by atoms with Gasteiger partial charge in [-0.3, -0.25) is 19.4 Å². The molecular weight excluding hydrogens is 376 g/mol. The maximum atomic E-state index is 12.7. The molecule has 1 N–H and O–H groups in total. The summed E-state index contributed by atoms with van der Waals surface area (Å²) in [7, 11) is 3.04. The maximum absolute atomic E-state index is 12.7. The van der Waals surface area contributed by atoms with Crippen LogP contribution in [0.4, 0.5) is 5.69 Å². The highest BCUT2D eigenvalue weighted by molar-refractivity contribution is 6.06. The minimum absolute atomic E-state index is 0.219. The van der Waals surface area contributed by atoms with Crippen molar-refractivity contribution in [3.63, 3.8) is 0 Å². The van der Waals surface area contributed by atoms with Crippen LogP contribution >= 0.6 is 0 Å². The number of rotatable bonds is 6. The lowest BCUT2D eigenvalue weighted by Crippen LogP contribution is -2.48. The average molecular weight is 398 g/mol. The Balaban J connectivity index is 1.71. The Morgan fingerprint density at radius 1 is 1.00 bits per heavy atom. The van der Waals surface area contributed by atoms with Crippen molar-refractivity contribution in [3.8, 4) is 11.5 Å². The third-order valence-electron chi connectivity index (χ3n) is 4.64. The minimum atomic E-state index is -0.398. The molecule has 0 aliphatic carbocycles. The number of hydrogen-bond acceptors (Lipinski definition) is 6. The standard InChI is InChI=1S/C20H22N4O5/c1-28-17-4-3-16(10-18(17)29-2)22-19(26)14-9-15(12-21-11-14)20(27)24-7-5-23(13-25)6-8-24/h3-4,9-13H,5-8H2,1-2H3,(H,22,26). The zero-order valence-corrected chi connectivity index (χ0v) is 16.3. The van der Waals surface area contributed by atoms with Crippen molar-refractivity contribution in [1.82, 2.24) is 14.8 Å². The van der Waals surface area contributed by atoms with E-state index in [1.165, 1.54) is 32.7 Å². The summed E-state index contributed by atoms with van der Waals surface area (Å²) in [6.45, 7) is 1.86. The van der Waals surface area contributed by atoms with Crippen LogP contribution in [-0.4, -0.2) is 73.4 Å². The second-order valence-electron chi connectivity index (χ2n) is 6.42. The predicted molar refractivity (Wildman–Crippen MR) is 105 cm³/mol. The molecule has 0 bridgehead atoms. The van der Waals surface area contributed by atoms with Crippen molar-refractivity contribution in [1.29, 1.82) is 0 Å². The van der Waals surface area contributed by atoms with E-state index in [-0.39, 0.29) is 11.5 Å². The lowest BCUT2D eigenvalue weighted by Gasteiger charge is -2.32. The normalized spacial score (nSPS) is 13.6. The van der Waals surface area contributed by atoms with E-state index in [4.69, 9.17) is 9.47 Å². The summed E-state index contributed by atoms with van der Waals surface area (Å²) in [5.41, 5.74) is 1.11. The smallest absolute Gasteiger partial charge is 0.257 e. The van der Waals surface area contributed by atoms with Crippen LogP contribution in [0.25, 0.3) is 0 Å². The van der Waals surface area contributed by atoms with Crippen molar-refractivity contribution in [2.75, 3.05) is 45.7 Å². The molecule has 1 saturated heterocycles. The van der Waals surface area contributed by atoms with E-state index in [0.29, 0.717) is 48.9 Å². The van der Waals surface area contributed by atoms with Gasteiger partial charge in [-0.05, 0) is 18.2 Å². The van der Waals surface area contributed by atoms with Crippen LogP contribution in [0.5, 0.6) is 11.5 Å². The minimum Gasteiger partial charge on any atom is -0.493 e.